The first-order valence-electron chi connectivity index (χ1n) is 24.3. The van der Waals surface area contributed by atoms with Gasteiger partial charge in [-0.2, -0.15) is 0 Å². The van der Waals surface area contributed by atoms with E-state index in [-0.39, 0.29) is 4.90 Å². The second kappa shape index (κ2) is 16.2. The van der Waals surface area contributed by atoms with Crippen LogP contribution in [0.15, 0.2) is 60.7 Å². The fraction of sp³-hybridized carbons (Fsp3) is 0.725. The van der Waals surface area contributed by atoms with Gasteiger partial charge in [0, 0.05) is 0 Å². The third-order valence-corrected chi connectivity index (χ3v) is 44.0. The van der Waals surface area contributed by atoms with Gasteiger partial charge in [-0.1, -0.05) is 0 Å². The quantitative estimate of drug-likeness (QED) is 0.221. The number of hydrogen-bond donors (Lipinski definition) is 0. The zero-order valence-corrected chi connectivity index (χ0v) is 37.9. The van der Waals surface area contributed by atoms with Gasteiger partial charge in [-0.15, -0.1) is 0 Å². The molecule has 0 saturated heterocycles. The first-order chi connectivity index (χ1) is 27.0. The molecule has 7 aliphatic rings. The first-order valence-corrected chi connectivity index (χ1v) is 31.0. The average Bonchev–Trinajstić information content (AvgIpc) is 3.66. The van der Waals surface area contributed by atoms with Crippen LogP contribution in [0.2, 0.25) is 0 Å². The van der Waals surface area contributed by atoms with E-state index in [1.54, 1.807) is 11.1 Å². The molecule has 7 aliphatic carbocycles. The molecule has 0 aliphatic heterocycles. The third kappa shape index (κ3) is 5.75. The Labute approximate surface area is 347 Å². The van der Waals surface area contributed by atoms with Crippen molar-refractivity contribution < 1.29 is 0 Å². The van der Waals surface area contributed by atoms with Crippen molar-refractivity contribution in [3.63, 3.8) is 0 Å². The van der Waals surface area contributed by atoms with Gasteiger partial charge in [0.2, 0.25) is 0 Å². The molecule has 0 unspecified atom stereocenters. The van der Waals surface area contributed by atoms with E-state index in [0.29, 0.717) is 34.0 Å². The standard InChI is InChI=1S/C51H76Cl2P2/c52-54(42-26-10-2-11-27-42,43-28-12-3-13-29-43,44-30-14-4-15-31-44)51(40-49(41-24-8-1-9-25-41)48-38-22-23-39-50(48)51)55(53,45-32-16-5-17-33-45,46-34-18-6-19-35-46)47-36-20-7-21-37-47/h1,8-9,22-25,38-40,42-47H,2-7,10-21,26-37H2. The molecule has 0 spiro atoms. The predicted molar refractivity (Wildman–Crippen MR) is 248 cm³/mol. The van der Waals surface area contributed by atoms with Crippen LogP contribution in [-0.4, -0.2) is 34.0 Å². The zero-order chi connectivity index (χ0) is 37.5. The summed E-state index contributed by atoms with van der Waals surface area (Å²) < 4.78 is 0. The Morgan fingerprint density at radius 3 is 0.982 bits per heavy atom. The van der Waals surface area contributed by atoms with E-state index in [9.17, 15) is 22.5 Å². The van der Waals surface area contributed by atoms with E-state index < -0.39 is 11.9 Å². The van der Waals surface area contributed by atoms with Crippen molar-refractivity contribution in [1.82, 2.24) is 0 Å². The molecule has 55 heavy (non-hydrogen) atoms. The number of fused-ring (bicyclic) bond motifs is 1. The van der Waals surface area contributed by atoms with Crippen molar-refractivity contribution >= 4 is 40.0 Å². The number of halogens is 2. The van der Waals surface area contributed by atoms with Gasteiger partial charge in [0.15, 0.2) is 0 Å². The van der Waals surface area contributed by atoms with E-state index in [0.717, 1.165) is 0 Å². The maximum absolute atomic E-state index is 10.4. The van der Waals surface area contributed by atoms with Crippen LogP contribution >= 0.6 is 34.4 Å². The Hall–Kier alpha value is -0.380. The molecule has 0 bridgehead atoms. The number of rotatable bonds is 9. The molecular weight excluding hydrogens is 745 g/mol. The second-order valence-corrected chi connectivity index (χ2v) is 35.9. The van der Waals surface area contributed by atoms with Crippen molar-refractivity contribution in [1.29, 1.82) is 0 Å². The van der Waals surface area contributed by atoms with Crippen LogP contribution in [0.4, 0.5) is 0 Å². The van der Waals surface area contributed by atoms with Crippen molar-refractivity contribution in [2.75, 3.05) is 0 Å². The molecule has 0 radical (unpaired) electrons. The SMILES string of the molecule is ClP(C1CCCCC1)(C1CCCCC1)(C1CCCCC1)C1(P(Cl)(C2CCCCC2)(C2CCCCC2)C2CCCCC2)C=C(c2ccccc2)c2ccccc21. The minimum atomic E-state index is -3.45. The molecule has 0 heterocycles. The summed E-state index contributed by atoms with van der Waals surface area (Å²) in [5.41, 5.74) is 10.1. The summed E-state index contributed by atoms with van der Waals surface area (Å²) >= 11 is 20.9. The minimum absolute atomic E-state index is 0.222. The Morgan fingerprint density at radius 2 is 0.655 bits per heavy atom. The fourth-order valence-corrected chi connectivity index (χ4v) is 48.4. The van der Waals surface area contributed by atoms with Crippen LogP contribution in [0.5, 0.6) is 0 Å². The van der Waals surface area contributed by atoms with Gasteiger partial charge in [0.1, 0.15) is 0 Å². The van der Waals surface area contributed by atoms with Crippen molar-refractivity contribution in [2.24, 2.45) is 0 Å². The Balaban J connectivity index is 1.52. The van der Waals surface area contributed by atoms with Crippen LogP contribution in [0.25, 0.3) is 5.57 Å². The Kier molecular flexibility index (Phi) is 11.8. The van der Waals surface area contributed by atoms with Gasteiger partial charge < -0.3 is 0 Å². The molecule has 0 atom stereocenters. The van der Waals surface area contributed by atoms with Gasteiger partial charge in [0.25, 0.3) is 0 Å². The molecule has 9 rings (SSSR count). The van der Waals surface area contributed by atoms with Crippen LogP contribution in [-0.2, 0) is 4.90 Å². The van der Waals surface area contributed by atoms with Crippen molar-refractivity contribution in [3.8, 4) is 0 Å². The van der Waals surface area contributed by atoms with Crippen LogP contribution in [0.1, 0.15) is 209 Å². The molecule has 2 aromatic carbocycles. The molecule has 6 saturated carbocycles. The van der Waals surface area contributed by atoms with E-state index in [2.05, 4.69) is 60.7 Å². The Bertz CT molecular complexity index is 1460. The monoisotopic (exact) mass is 820 g/mol. The normalized spacial score (nSPS) is 29.5. The predicted octanol–water partition coefficient (Wildman–Crippen LogP) is 17.7. The van der Waals surface area contributed by atoms with Crippen LogP contribution in [0.3, 0.4) is 0 Å². The van der Waals surface area contributed by atoms with Crippen LogP contribution in [0, 0.1) is 0 Å². The summed E-state index contributed by atoms with van der Waals surface area (Å²) in [5.74, 6) is -6.89. The maximum atomic E-state index is 10.4. The molecule has 2 aromatic rings. The number of hydrogen-bond acceptors (Lipinski definition) is 0. The topological polar surface area (TPSA) is 0 Å². The van der Waals surface area contributed by atoms with Gasteiger partial charge in [0.05, 0.1) is 0 Å². The van der Waals surface area contributed by atoms with Gasteiger partial charge >= 0.3 is 349 Å². The second-order valence-electron chi connectivity index (χ2n) is 20.4. The molecule has 0 aromatic heterocycles. The molecule has 304 valence electrons. The molecule has 0 amide bonds. The van der Waals surface area contributed by atoms with E-state index >= 15 is 0 Å². The molecule has 6 fully saturated rings. The van der Waals surface area contributed by atoms with Crippen molar-refractivity contribution in [3.05, 3.63) is 77.4 Å². The Morgan fingerprint density at radius 1 is 0.364 bits per heavy atom. The van der Waals surface area contributed by atoms with E-state index in [4.69, 9.17) is 0 Å². The van der Waals surface area contributed by atoms with Gasteiger partial charge in [-0.05, 0) is 0 Å². The number of benzene rings is 2. The molecule has 0 N–H and O–H groups in total. The van der Waals surface area contributed by atoms with E-state index in [1.165, 1.54) is 204 Å². The molecule has 4 heteroatoms. The summed E-state index contributed by atoms with van der Waals surface area (Å²) in [6.07, 6.45) is 44.6. The molecule has 0 nitrogen and oxygen atoms in total. The van der Waals surface area contributed by atoms with Gasteiger partial charge in [-0.3, -0.25) is 0 Å². The van der Waals surface area contributed by atoms with Crippen molar-refractivity contribution in [2.45, 2.75) is 231 Å². The summed E-state index contributed by atoms with van der Waals surface area (Å²) in [6.45, 7) is 0. The van der Waals surface area contributed by atoms with Crippen LogP contribution < -0.4 is 0 Å². The number of allylic oxidation sites excluding steroid dienone is 1. The fourth-order valence-electron chi connectivity index (χ4n) is 16.6. The summed E-state index contributed by atoms with van der Waals surface area (Å²) in [6, 6.07) is 22.0. The summed E-state index contributed by atoms with van der Waals surface area (Å²) in [4.78, 5) is -0.222. The summed E-state index contributed by atoms with van der Waals surface area (Å²) in [7, 11) is 0. The average molecular weight is 822 g/mol. The third-order valence-electron chi connectivity index (χ3n) is 18.4. The first kappa shape index (κ1) is 40.0. The molecular formula is C51H76Cl2P2. The van der Waals surface area contributed by atoms with Gasteiger partial charge in [-0.25, -0.2) is 0 Å². The zero-order valence-electron chi connectivity index (χ0n) is 34.6. The summed E-state index contributed by atoms with van der Waals surface area (Å²) in [5, 5.41) is 0. The van der Waals surface area contributed by atoms with E-state index in [1.807, 2.05) is 0 Å².